The summed E-state index contributed by atoms with van der Waals surface area (Å²) < 4.78 is 5.26. The second-order valence-corrected chi connectivity index (χ2v) is 4.25. The normalized spacial score (nSPS) is 10.3. The SMILES string of the molecule is C#Cc1cc2cc(C=O)ccc2o1.c1cc2cc-2c1. The third-order valence-electron chi connectivity index (χ3n) is 2.93. The summed E-state index contributed by atoms with van der Waals surface area (Å²) in [4.78, 5) is 10.5. The standard InChI is InChI=1S/C11H6O2.C6H4/c1-2-10-6-9-5-8(7-12)3-4-11(9)13-10;1-2-5-4-6(5)3-1/h1,3-7H;1-4H. The first-order valence-corrected chi connectivity index (χ1v) is 5.86. The molecule has 0 amide bonds. The lowest BCUT2D eigenvalue weighted by molar-refractivity contribution is 0.112. The van der Waals surface area contributed by atoms with Gasteiger partial charge in [-0.15, -0.1) is 6.42 Å². The Balaban J connectivity index is 0.000000151. The average Bonchev–Trinajstić information content (AvgIpc) is 2.90. The second-order valence-electron chi connectivity index (χ2n) is 4.25. The monoisotopic (exact) mass is 246 g/mol. The summed E-state index contributed by atoms with van der Waals surface area (Å²) in [6.45, 7) is 0. The Kier molecular flexibility index (Phi) is 2.66. The molecule has 2 heteroatoms. The number of carbonyl (C=O) groups excluding carboxylic acids is 1. The van der Waals surface area contributed by atoms with Crippen LogP contribution in [0.1, 0.15) is 16.1 Å². The van der Waals surface area contributed by atoms with Gasteiger partial charge in [-0.05, 0) is 41.3 Å². The quantitative estimate of drug-likeness (QED) is 0.376. The maximum atomic E-state index is 10.5. The summed E-state index contributed by atoms with van der Waals surface area (Å²) in [5, 5.41) is 0.859. The fraction of sp³-hybridized carbons (Fsp3) is 0. The van der Waals surface area contributed by atoms with E-state index in [2.05, 4.69) is 30.2 Å². The molecule has 0 saturated carbocycles. The minimum absolute atomic E-state index is 0.484. The number of aldehydes is 1. The summed E-state index contributed by atoms with van der Waals surface area (Å²) in [6.07, 6.45) is 5.96. The predicted octanol–water partition coefficient (Wildman–Crippen LogP) is 3.89. The van der Waals surface area contributed by atoms with E-state index in [4.69, 9.17) is 10.8 Å². The van der Waals surface area contributed by atoms with Crippen molar-refractivity contribution in [3.8, 4) is 23.5 Å². The Morgan fingerprint density at radius 2 is 1.84 bits per heavy atom. The molecule has 19 heavy (non-hydrogen) atoms. The first kappa shape index (κ1) is 11.3. The Hall–Kier alpha value is -2.79. The molecule has 0 saturated heterocycles. The average molecular weight is 246 g/mol. The van der Waals surface area contributed by atoms with Crippen LogP contribution in [0.4, 0.5) is 0 Å². The molecule has 0 fully saturated rings. The number of fused-ring (bicyclic) bond motifs is 2. The Labute approximate surface area is 110 Å². The highest BCUT2D eigenvalue weighted by Crippen LogP contribution is 2.32. The molecule has 0 atom stereocenters. The lowest BCUT2D eigenvalue weighted by Gasteiger charge is -1.88. The van der Waals surface area contributed by atoms with E-state index in [0.29, 0.717) is 16.9 Å². The van der Waals surface area contributed by atoms with Crippen LogP contribution in [-0.4, -0.2) is 6.29 Å². The van der Waals surface area contributed by atoms with Gasteiger partial charge in [-0.25, -0.2) is 0 Å². The van der Waals surface area contributed by atoms with Crippen molar-refractivity contribution in [1.29, 1.82) is 0 Å². The van der Waals surface area contributed by atoms with Gasteiger partial charge in [0.1, 0.15) is 11.9 Å². The first-order chi connectivity index (χ1) is 9.30. The maximum absolute atomic E-state index is 10.5. The van der Waals surface area contributed by atoms with E-state index in [1.165, 1.54) is 11.1 Å². The Bertz CT molecular complexity index is 786. The van der Waals surface area contributed by atoms with Crippen molar-refractivity contribution in [2.45, 2.75) is 0 Å². The highest BCUT2D eigenvalue weighted by molar-refractivity contribution is 5.86. The van der Waals surface area contributed by atoms with E-state index in [-0.39, 0.29) is 0 Å². The van der Waals surface area contributed by atoms with Crippen LogP contribution >= 0.6 is 0 Å². The van der Waals surface area contributed by atoms with Gasteiger partial charge in [-0.2, -0.15) is 0 Å². The van der Waals surface area contributed by atoms with Gasteiger partial charge >= 0.3 is 0 Å². The van der Waals surface area contributed by atoms with Crippen LogP contribution in [0.3, 0.4) is 0 Å². The summed E-state index contributed by atoms with van der Waals surface area (Å²) >= 11 is 0. The summed E-state index contributed by atoms with van der Waals surface area (Å²) in [6, 6.07) is 15.4. The molecule has 2 aliphatic rings. The fourth-order valence-electron chi connectivity index (χ4n) is 1.88. The number of benzene rings is 2. The predicted molar refractivity (Wildman–Crippen MR) is 75.0 cm³/mol. The molecular formula is C17H10O2. The van der Waals surface area contributed by atoms with Crippen molar-refractivity contribution in [2.24, 2.45) is 0 Å². The van der Waals surface area contributed by atoms with Crippen LogP contribution in [0.5, 0.6) is 0 Å². The highest BCUT2D eigenvalue weighted by Gasteiger charge is 2.07. The van der Waals surface area contributed by atoms with Gasteiger partial charge in [-0.1, -0.05) is 18.2 Å². The zero-order valence-corrected chi connectivity index (χ0v) is 10.1. The molecule has 0 unspecified atom stereocenters. The van der Waals surface area contributed by atoms with Gasteiger partial charge in [0.15, 0.2) is 5.76 Å². The minimum Gasteiger partial charge on any atom is -0.448 e. The third kappa shape index (κ3) is 2.27. The van der Waals surface area contributed by atoms with Crippen LogP contribution in [0, 0.1) is 12.3 Å². The molecule has 2 aliphatic carbocycles. The summed E-state index contributed by atoms with van der Waals surface area (Å²) in [7, 11) is 0. The van der Waals surface area contributed by atoms with E-state index in [1.54, 1.807) is 24.3 Å². The van der Waals surface area contributed by atoms with Crippen molar-refractivity contribution in [1.82, 2.24) is 0 Å². The number of rotatable bonds is 1. The molecule has 2 aromatic rings. The Morgan fingerprint density at radius 1 is 1.05 bits per heavy atom. The van der Waals surface area contributed by atoms with E-state index in [9.17, 15) is 4.79 Å². The van der Waals surface area contributed by atoms with E-state index < -0.39 is 0 Å². The highest BCUT2D eigenvalue weighted by atomic mass is 16.3. The summed E-state index contributed by atoms with van der Waals surface area (Å²) in [5.74, 6) is 2.88. The van der Waals surface area contributed by atoms with Crippen LogP contribution in [-0.2, 0) is 0 Å². The van der Waals surface area contributed by atoms with Gasteiger partial charge in [0.05, 0.1) is 0 Å². The molecule has 0 radical (unpaired) electrons. The lowest BCUT2D eigenvalue weighted by atomic mass is 10.2. The molecule has 1 aromatic heterocycles. The van der Waals surface area contributed by atoms with Crippen molar-refractivity contribution in [2.75, 3.05) is 0 Å². The molecule has 0 bridgehead atoms. The van der Waals surface area contributed by atoms with Gasteiger partial charge in [0, 0.05) is 17.0 Å². The topological polar surface area (TPSA) is 30.2 Å². The number of terminal acetylenes is 1. The van der Waals surface area contributed by atoms with Crippen LogP contribution in [0.15, 0.2) is 52.9 Å². The van der Waals surface area contributed by atoms with Gasteiger partial charge in [-0.3, -0.25) is 4.79 Å². The lowest BCUT2D eigenvalue weighted by Crippen LogP contribution is -1.75. The number of furan rings is 1. The molecule has 0 aliphatic heterocycles. The maximum Gasteiger partial charge on any atom is 0.177 e. The van der Waals surface area contributed by atoms with Gasteiger partial charge in [0.2, 0.25) is 0 Å². The molecular weight excluding hydrogens is 236 g/mol. The fourth-order valence-corrected chi connectivity index (χ4v) is 1.88. The smallest absolute Gasteiger partial charge is 0.177 e. The van der Waals surface area contributed by atoms with E-state index >= 15 is 0 Å². The zero-order chi connectivity index (χ0) is 13.2. The van der Waals surface area contributed by atoms with Crippen LogP contribution in [0.25, 0.3) is 22.1 Å². The van der Waals surface area contributed by atoms with Gasteiger partial charge in [0.25, 0.3) is 0 Å². The van der Waals surface area contributed by atoms with Crippen molar-refractivity contribution in [3.63, 3.8) is 0 Å². The molecule has 2 nitrogen and oxygen atoms in total. The molecule has 4 rings (SSSR count). The van der Waals surface area contributed by atoms with Crippen LogP contribution < -0.4 is 0 Å². The largest absolute Gasteiger partial charge is 0.448 e. The van der Waals surface area contributed by atoms with E-state index in [0.717, 1.165) is 11.7 Å². The Morgan fingerprint density at radius 3 is 2.37 bits per heavy atom. The second kappa shape index (κ2) is 4.47. The number of hydrogen-bond donors (Lipinski definition) is 0. The van der Waals surface area contributed by atoms with Gasteiger partial charge < -0.3 is 4.42 Å². The zero-order valence-electron chi connectivity index (χ0n) is 10.1. The van der Waals surface area contributed by atoms with Crippen molar-refractivity contribution >= 4 is 17.3 Å². The number of hydrogen-bond acceptors (Lipinski definition) is 2. The first-order valence-electron chi connectivity index (χ1n) is 5.86. The molecule has 1 heterocycles. The molecule has 90 valence electrons. The molecule has 0 spiro atoms. The number of carbonyl (C=O) groups is 1. The minimum atomic E-state index is 0.484. The summed E-state index contributed by atoms with van der Waals surface area (Å²) in [5.41, 5.74) is 4.18. The molecule has 1 aromatic carbocycles. The molecule has 0 N–H and O–H groups in total. The third-order valence-corrected chi connectivity index (χ3v) is 2.93. The van der Waals surface area contributed by atoms with E-state index in [1.807, 2.05) is 0 Å². The van der Waals surface area contributed by atoms with Crippen molar-refractivity contribution < 1.29 is 9.21 Å². The van der Waals surface area contributed by atoms with Crippen LogP contribution in [0.2, 0.25) is 0 Å². The van der Waals surface area contributed by atoms with Crippen molar-refractivity contribution in [3.05, 3.63) is 59.9 Å².